The fourth-order valence-corrected chi connectivity index (χ4v) is 1.40. The van der Waals surface area contributed by atoms with Gasteiger partial charge in [-0.15, -0.1) is 0 Å². The molecule has 1 unspecified atom stereocenters. The van der Waals surface area contributed by atoms with Gasteiger partial charge in [0, 0.05) is 18.1 Å². The van der Waals surface area contributed by atoms with E-state index in [9.17, 15) is 22.4 Å². The molecule has 1 rings (SSSR count). The van der Waals surface area contributed by atoms with Crippen molar-refractivity contribution in [2.24, 2.45) is 0 Å². The molecular formula is C11H7F4NO. The third-order valence-corrected chi connectivity index (χ3v) is 2.14. The normalized spacial score (nSPS) is 12.0. The molecule has 0 saturated carbocycles. The van der Waals surface area contributed by atoms with Gasteiger partial charge in [0.25, 0.3) is 0 Å². The molecule has 0 bridgehead atoms. The van der Waals surface area contributed by atoms with Crippen molar-refractivity contribution >= 4 is 5.78 Å². The predicted molar refractivity (Wildman–Crippen MR) is 49.9 cm³/mol. The maximum Gasteiger partial charge on any atom is 0.166 e. The number of hydrogen-bond donors (Lipinski definition) is 0. The minimum Gasteiger partial charge on any atom is -0.300 e. The van der Waals surface area contributed by atoms with Crippen molar-refractivity contribution in [2.45, 2.75) is 19.3 Å². The van der Waals surface area contributed by atoms with Crippen molar-refractivity contribution in [1.29, 1.82) is 5.26 Å². The van der Waals surface area contributed by atoms with Crippen LogP contribution in [0.4, 0.5) is 17.6 Å². The quantitative estimate of drug-likeness (QED) is 0.606. The van der Waals surface area contributed by atoms with Gasteiger partial charge in [0.2, 0.25) is 0 Å². The van der Waals surface area contributed by atoms with Crippen LogP contribution in [0, 0.1) is 34.6 Å². The summed E-state index contributed by atoms with van der Waals surface area (Å²) in [6, 6.07) is 1.50. The highest BCUT2D eigenvalue weighted by Crippen LogP contribution is 2.28. The number of rotatable bonds is 3. The van der Waals surface area contributed by atoms with Gasteiger partial charge in [0.15, 0.2) is 23.3 Å². The molecule has 0 amide bonds. The summed E-state index contributed by atoms with van der Waals surface area (Å²) >= 11 is 0. The van der Waals surface area contributed by atoms with E-state index in [0.717, 1.165) is 6.92 Å². The van der Waals surface area contributed by atoms with Gasteiger partial charge in [0.05, 0.1) is 12.0 Å². The molecule has 1 aromatic carbocycles. The Hall–Kier alpha value is -1.90. The standard InChI is InChI=1S/C11H7F4NO/c1-5(17)2-6(4-16)9-10(14)7(12)3-8(13)11(9)15/h3,6H,2H2,1H3. The van der Waals surface area contributed by atoms with Gasteiger partial charge < -0.3 is 0 Å². The lowest BCUT2D eigenvalue weighted by Gasteiger charge is -2.11. The summed E-state index contributed by atoms with van der Waals surface area (Å²) in [6.07, 6.45) is -0.507. The molecule has 1 aromatic rings. The van der Waals surface area contributed by atoms with Gasteiger partial charge in [-0.05, 0) is 6.92 Å². The third kappa shape index (κ3) is 2.61. The second kappa shape index (κ2) is 4.95. The van der Waals surface area contributed by atoms with E-state index >= 15 is 0 Å². The number of carbonyl (C=O) groups excluding carboxylic acids is 1. The summed E-state index contributed by atoms with van der Waals surface area (Å²) in [6.45, 7) is 1.11. The van der Waals surface area contributed by atoms with E-state index in [2.05, 4.69) is 0 Å². The molecule has 6 heteroatoms. The summed E-state index contributed by atoms with van der Waals surface area (Å²) in [5.74, 6) is -8.53. The number of Topliss-reactive ketones (excluding diaryl/α,β-unsaturated/α-hetero) is 1. The first-order valence-electron chi connectivity index (χ1n) is 4.60. The Balaban J connectivity index is 3.38. The smallest absolute Gasteiger partial charge is 0.166 e. The number of halogens is 4. The number of benzene rings is 1. The second-order valence-corrected chi connectivity index (χ2v) is 3.47. The summed E-state index contributed by atoms with van der Waals surface area (Å²) in [4.78, 5) is 10.8. The number of nitriles is 1. The molecule has 0 spiro atoms. The van der Waals surface area contributed by atoms with E-state index < -0.39 is 47.0 Å². The largest absolute Gasteiger partial charge is 0.300 e. The molecule has 0 fully saturated rings. The van der Waals surface area contributed by atoms with E-state index in [0.29, 0.717) is 0 Å². The van der Waals surface area contributed by atoms with Gasteiger partial charge in [-0.1, -0.05) is 0 Å². The molecule has 0 aliphatic heterocycles. The van der Waals surface area contributed by atoms with Gasteiger partial charge >= 0.3 is 0 Å². The van der Waals surface area contributed by atoms with Crippen LogP contribution >= 0.6 is 0 Å². The lowest BCUT2D eigenvalue weighted by atomic mass is 9.94. The molecule has 17 heavy (non-hydrogen) atoms. The van der Waals surface area contributed by atoms with E-state index in [1.54, 1.807) is 0 Å². The number of carbonyl (C=O) groups is 1. The lowest BCUT2D eigenvalue weighted by molar-refractivity contribution is -0.117. The molecule has 0 aromatic heterocycles. The van der Waals surface area contributed by atoms with Crippen LogP contribution in [-0.2, 0) is 4.79 Å². The first-order valence-corrected chi connectivity index (χ1v) is 4.60. The van der Waals surface area contributed by atoms with Crippen LogP contribution in [0.3, 0.4) is 0 Å². The molecule has 1 atom stereocenters. The number of nitrogens with zero attached hydrogens (tertiary/aromatic N) is 1. The fourth-order valence-electron chi connectivity index (χ4n) is 1.40. The zero-order chi connectivity index (χ0) is 13.2. The van der Waals surface area contributed by atoms with E-state index in [-0.39, 0.29) is 6.07 Å². The average Bonchev–Trinajstić information content (AvgIpc) is 2.24. The highest BCUT2D eigenvalue weighted by molar-refractivity contribution is 5.77. The van der Waals surface area contributed by atoms with Gasteiger partial charge in [-0.25, -0.2) is 17.6 Å². The van der Waals surface area contributed by atoms with Gasteiger partial charge in [-0.3, -0.25) is 4.79 Å². The minimum absolute atomic E-state index is 0.0520. The zero-order valence-electron chi connectivity index (χ0n) is 8.73. The maximum absolute atomic E-state index is 13.3. The van der Waals surface area contributed by atoms with Crippen LogP contribution in [0.15, 0.2) is 6.07 Å². The van der Waals surface area contributed by atoms with Crippen LogP contribution in [0.1, 0.15) is 24.8 Å². The van der Waals surface area contributed by atoms with Crippen LogP contribution in [0.2, 0.25) is 0 Å². The summed E-state index contributed by atoms with van der Waals surface area (Å²) in [7, 11) is 0. The summed E-state index contributed by atoms with van der Waals surface area (Å²) < 4.78 is 52.3. The van der Waals surface area contributed by atoms with Gasteiger partial charge in [-0.2, -0.15) is 5.26 Å². The monoisotopic (exact) mass is 245 g/mol. The van der Waals surface area contributed by atoms with Gasteiger partial charge in [0.1, 0.15) is 5.78 Å². The molecule has 2 nitrogen and oxygen atoms in total. The van der Waals surface area contributed by atoms with Crippen molar-refractivity contribution in [2.75, 3.05) is 0 Å². The Bertz CT molecular complexity index is 481. The molecule has 0 heterocycles. The van der Waals surface area contributed by atoms with Crippen molar-refractivity contribution in [3.05, 3.63) is 34.9 Å². The van der Waals surface area contributed by atoms with Crippen LogP contribution < -0.4 is 0 Å². The Morgan fingerprint density at radius 1 is 1.29 bits per heavy atom. The fraction of sp³-hybridized carbons (Fsp3) is 0.273. The second-order valence-electron chi connectivity index (χ2n) is 3.47. The Labute approximate surface area is 94.5 Å². The third-order valence-electron chi connectivity index (χ3n) is 2.14. The predicted octanol–water partition coefficient (Wildman–Crippen LogP) is 2.83. The Morgan fingerprint density at radius 2 is 1.76 bits per heavy atom. The van der Waals surface area contributed by atoms with E-state index in [1.165, 1.54) is 6.07 Å². The Morgan fingerprint density at radius 3 is 2.12 bits per heavy atom. The van der Waals surface area contributed by atoms with E-state index in [4.69, 9.17) is 5.26 Å². The lowest BCUT2D eigenvalue weighted by Crippen LogP contribution is -2.10. The number of hydrogen-bond acceptors (Lipinski definition) is 2. The molecular weight excluding hydrogens is 238 g/mol. The van der Waals surface area contributed by atoms with E-state index in [1.807, 2.05) is 0 Å². The Kier molecular flexibility index (Phi) is 3.84. The highest BCUT2D eigenvalue weighted by Gasteiger charge is 2.26. The first kappa shape index (κ1) is 13.2. The molecule has 0 radical (unpaired) electrons. The van der Waals surface area contributed by atoms with Crippen molar-refractivity contribution in [1.82, 2.24) is 0 Å². The highest BCUT2D eigenvalue weighted by atomic mass is 19.2. The minimum atomic E-state index is -1.64. The maximum atomic E-state index is 13.3. The topological polar surface area (TPSA) is 40.9 Å². The van der Waals surface area contributed by atoms with Crippen LogP contribution in [-0.4, -0.2) is 5.78 Å². The summed E-state index contributed by atoms with van der Waals surface area (Å²) in [5, 5.41) is 8.68. The zero-order valence-corrected chi connectivity index (χ0v) is 8.73. The number of ketones is 1. The molecule has 0 aliphatic carbocycles. The SMILES string of the molecule is CC(=O)CC(C#N)c1c(F)c(F)cc(F)c1F. The van der Waals surface area contributed by atoms with Crippen molar-refractivity contribution in [3.8, 4) is 6.07 Å². The van der Waals surface area contributed by atoms with Crippen LogP contribution in [0.5, 0.6) is 0 Å². The average molecular weight is 245 g/mol. The first-order chi connectivity index (χ1) is 7.88. The molecule has 0 aliphatic rings. The summed E-state index contributed by atoms with van der Waals surface area (Å²) in [5.41, 5.74) is -1.04. The van der Waals surface area contributed by atoms with Crippen molar-refractivity contribution < 1.29 is 22.4 Å². The molecule has 0 N–H and O–H groups in total. The molecule has 90 valence electrons. The molecule has 0 saturated heterocycles. The van der Waals surface area contributed by atoms with Crippen molar-refractivity contribution in [3.63, 3.8) is 0 Å². The van der Waals surface area contributed by atoms with Crippen LogP contribution in [0.25, 0.3) is 0 Å².